The number of nitrogens with one attached hydrogen (secondary N) is 2. The molecule has 2 unspecified atom stereocenters. The van der Waals surface area contributed by atoms with Crippen molar-refractivity contribution in [1.82, 2.24) is 30.3 Å². The normalized spacial score (nSPS) is 17.3. The SMILES string of the molecule is CN=C(NCC(C)CN(C)C(=O)OC(C)(C)C)NC1CCc2nc(COC)nn2C1.I. The Kier molecular flexibility index (Phi) is 11.0. The van der Waals surface area contributed by atoms with Crippen LogP contribution in [0.3, 0.4) is 0 Å². The van der Waals surface area contributed by atoms with Crippen LogP contribution in [0.2, 0.25) is 0 Å². The third-order valence-electron chi connectivity index (χ3n) is 4.65. The Labute approximate surface area is 202 Å². The molecule has 10 nitrogen and oxygen atoms in total. The molecule has 2 rings (SSSR count). The average Bonchev–Trinajstić information content (AvgIpc) is 3.05. The van der Waals surface area contributed by atoms with Gasteiger partial charge < -0.3 is 25.0 Å². The summed E-state index contributed by atoms with van der Waals surface area (Å²) in [5, 5.41) is 11.3. The second-order valence-electron chi connectivity index (χ2n) is 8.86. The molecule has 0 fully saturated rings. The van der Waals surface area contributed by atoms with Crippen molar-refractivity contribution in [3.05, 3.63) is 11.6 Å². The Morgan fingerprint density at radius 1 is 1.42 bits per heavy atom. The van der Waals surface area contributed by atoms with E-state index in [0.29, 0.717) is 19.7 Å². The molecule has 0 aliphatic carbocycles. The van der Waals surface area contributed by atoms with Crippen LogP contribution in [0.15, 0.2) is 4.99 Å². The Morgan fingerprint density at radius 3 is 2.74 bits per heavy atom. The zero-order valence-electron chi connectivity index (χ0n) is 19.8. The summed E-state index contributed by atoms with van der Waals surface area (Å²) in [6.45, 7) is 10.1. The molecule has 2 heterocycles. The number of nitrogens with zero attached hydrogens (tertiary/aromatic N) is 5. The van der Waals surface area contributed by atoms with Gasteiger partial charge in [0.1, 0.15) is 18.0 Å². The molecule has 1 aromatic heterocycles. The molecule has 31 heavy (non-hydrogen) atoms. The highest BCUT2D eigenvalue weighted by molar-refractivity contribution is 14.0. The van der Waals surface area contributed by atoms with Gasteiger partial charge in [0.05, 0.1) is 6.54 Å². The number of amides is 1. The number of guanidine groups is 1. The lowest BCUT2D eigenvalue weighted by atomic mass is 10.1. The van der Waals surface area contributed by atoms with Gasteiger partial charge in [-0.05, 0) is 33.1 Å². The minimum absolute atomic E-state index is 0. The first-order valence-electron chi connectivity index (χ1n) is 10.4. The van der Waals surface area contributed by atoms with Crippen LogP contribution in [0.5, 0.6) is 0 Å². The molecule has 11 heteroatoms. The summed E-state index contributed by atoms with van der Waals surface area (Å²) in [6, 6.07) is 0.223. The van der Waals surface area contributed by atoms with E-state index < -0.39 is 5.60 Å². The monoisotopic (exact) mass is 551 g/mol. The van der Waals surface area contributed by atoms with Crippen LogP contribution in [0.1, 0.15) is 45.8 Å². The number of rotatable bonds is 7. The number of fused-ring (bicyclic) bond motifs is 1. The second-order valence-corrected chi connectivity index (χ2v) is 8.86. The Balaban J connectivity index is 0.00000480. The lowest BCUT2D eigenvalue weighted by Gasteiger charge is -2.28. The van der Waals surface area contributed by atoms with E-state index in [1.54, 1.807) is 26.1 Å². The molecule has 178 valence electrons. The Morgan fingerprint density at radius 2 is 2.13 bits per heavy atom. The van der Waals surface area contributed by atoms with E-state index in [-0.39, 0.29) is 42.0 Å². The van der Waals surface area contributed by atoms with Crippen molar-refractivity contribution in [3.63, 3.8) is 0 Å². The minimum Gasteiger partial charge on any atom is -0.444 e. The van der Waals surface area contributed by atoms with Crippen molar-refractivity contribution in [2.45, 2.75) is 65.3 Å². The fourth-order valence-corrected chi connectivity index (χ4v) is 3.27. The number of hydrogen-bond acceptors (Lipinski definition) is 6. The van der Waals surface area contributed by atoms with Crippen LogP contribution in [0, 0.1) is 5.92 Å². The number of carbonyl (C=O) groups excluding carboxylic acids is 1. The van der Waals surface area contributed by atoms with Crippen molar-refractivity contribution in [2.75, 3.05) is 34.3 Å². The summed E-state index contributed by atoms with van der Waals surface area (Å²) in [4.78, 5) is 22.6. The van der Waals surface area contributed by atoms with E-state index in [1.807, 2.05) is 25.5 Å². The molecule has 0 spiro atoms. The summed E-state index contributed by atoms with van der Waals surface area (Å²) >= 11 is 0. The van der Waals surface area contributed by atoms with Gasteiger partial charge in [0.25, 0.3) is 0 Å². The van der Waals surface area contributed by atoms with Crippen molar-refractivity contribution in [2.24, 2.45) is 10.9 Å². The van der Waals surface area contributed by atoms with Crippen molar-refractivity contribution < 1.29 is 14.3 Å². The first-order chi connectivity index (χ1) is 14.1. The minimum atomic E-state index is -0.493. The smallest absolute Gasteiger partial charge is 0.410 e. The zero-order chi connectivity index (χ0) is 22.3. The van der Waals surface area contributed by atoms with Gasteiger partial charge in [-0.2, -0.15) is 5.10 Å². The summed E-state index contributed by atoms with van der Waals surface area (Å²) in [7, 11) is 5.16. The van der Waals surface area contributed by atoms with Gasteiger partial charge in [0, 0.05) is 46.8 Å². The number of aromatic nitrogens is 3. The Bertz CT molecular complexity index is 733. The second kappa shape index (κ2) is 12.4. The first-order valence-corrected chi connectivity index (χ1v) is 10.4. The van der Waals surface area contributed by atoms with Crippen LogP contribution >= 0.6 is 24.0 Å². The molecule has 1 amide bonds. The third kappa shape index (κ3) is 9.17. The molecule has 1 aromatic rings. The summed E-state index contributed by atoms with van der Waals surface area (Å²) in [5.74, 6) is 2.69. The molecule has 0 bridgehead atoms. The van der Waals surface area contributed by atoms with Crippen molar-refractivity contribution >= 4 is 36.0 Å². The molecule has 0 aromatic carbocycles. The van der Waals surface area contributed by atoms with E-state index in [0.717, 1.165) is 37.0 Å². The zero-order valence-corrected chi connectivity index (χ0v) is 22.1. The van der Waals surface area contributed by atoms with Gasteiger partial charge in [-0.15, -0.1) is 24.0 Å². The van der Waals surface area contributed by atoms with Gasteiger partial charge in [-0.3, -0.25) is 4.99 Å². The van der Waals surface area contributed by atoms with Crippen LogP contribution in [-0.2, 0) is 29.0 Å². The topological polar surface area (TPSA) is 106 Å². The maximum absolute atomic E-state index is 12.1. The van der Waals surface area contributed by atoms with Crippen LogP contribution in [0.25, 0.3) is 0 Å². The maximum atomic E-state index is 12.1. The van der Waals surface area contributed by atoms with Gasteiger partial charge in [-0.25, -0.2) is 14.5 Å². The fraction of sp³-hybridized carbons (Fsp3) is 0.800. The molecule has 1 aliphatic rings. The molecule has 0 saturated carbocycles. The lowest BCUT2D eigenvalue weighted by Crippen LogP contribution is -2.48. The number of methoxy groups -OCH3 is 1. The number of aryl methyl sites for hydroxylation is 1. The van der Waals surface area contributed by atoms with E-state index in [4.69, 9.17) is 9.47 Å². The van der Waals surface area contributed by atoms with Gasteiger partial charge >= 0.3 is 6.09 Å². The van der Waals surface area contributed by atoms with Gasteiger partial charge in [-0.1, -0.05) is 6.92 Å². The molecular weight excluding hydrogens is 513 g/mol. The number of ether oxygens (including phenoxy) is 2. The third-order valence-corrected chi connectivity index (χ3v) is 4.65. The molecule has 1 aliphatic heterocycles. The number of carbonyl (C=O) groups is 1. The molecular formula is C20H38IN7O3. The number of aliphatic imine (C=N–C) groups is 1. The van der Waals surface area contributed by atoms with E-state index >= 15 is 0 Å². The highest BCUT2D eigenvalue weighted by Gasteiger charge is 2.23. The fourth-order valence-electron chi connectivity index (χ4n) is 3.27. The largest absolute Gasteiger partial charge is 0.444 e. The average molecular weight is 551 g/mol. The summed E-state index contributed by atoms with van der Waals surface area (Å²) in [6.07, 6.45) is 1.51. The number of hydrogen-bond donors (Lipinski definition) is 2. The van der Waals surface area contributed by atoms with E-state index in [2.05, 4.69) is 32.6 Å². The molecule has 0 saturated heterocycles. The van der Waals surface area contributed by atoms with Crippen molar-refractivity contribution in [3.8, 4) is 0 Å². The predicted molar refractivity (Wildman–Crippen MR) is 131 cm³/mol. The number of halogens is 1. The highest BCUT2D eigenvalue weighted by Crippen LogP contribution is 2.14. The standard InChI is InChI=1S/C20H37N7O3.HI/c1-14(11-26(6)19(28)30-20(2,3)4)10-22-18(21-5)23-15-8-9-17-24-16(13-29-7)25-27(17)12-15;/h14-15H,8-13H2,1-7H3,(H2,21,22,23);1H. The van der Waals surface area contributed by atoms with Crippen LogP contribution in [0.4, 0.5) is 4.79 Å². The van der Waals surface area contributed by atoms with Crippen molar-refractivity contribution in [1.29, 1.82) is 0 Å². The maximum Gasteiger partial charge on any atom is 0.410 e. The highest BCUT2D eigenvalue weighted by atomic mass is 127. The van der Waals surface area contributed by atoms with Crippen LogP contribution in [-0.4, -0.2) is 77.7 Å². The lowest BCUT2D eigenvalue weighted by molar-refractivity contribution is 0.0278. The van der Waals surface area contributed by atoms with Gasteiger partial charge in [0.2, 0.25) is 0 Å². The summed E-state index contributed by atoms with van der Waals surface area (Å²) in [5.41, 5.74) is -0.493. The quantitative estimate of drug-likeness (QED) is 0.304. The molecule has 2 atom stereocenters. The van der Waals surface area contributed by atoms with E-state index in [1.165, 1.54) is 0 Å². The Hall–Kier alpha value is -1.63. The predicted octanol–water partition coefficient (Wildman–Crippen LogP) is 2.03. The van der Waals surface area contributed by atoms with Gasteiger partial charge in [0.15, 0.2) is 11.8 Å². The molecule has 2 N–H and O–H groups in total. The molecule has 0 radical (unpaired) electrons. The van der Waals surface area contributed by atoms with E-state index in [9.17, 15) is 4.79 Å². The first kappa shape index (κ1) is 27.4. The van der Waals surface area contributed by atoms with Crippen LogP contribution < -0.4 is 10.6 Å². The summed E-state index contributed by atoms with van der Waals surface area (Å²) < 4.78 is 12.5.